The Labute approximate surface area is 47.9 Å². The van der Waals surface area contributed by atoms with Crippen LogP contribution in [0.1, 0.15) is 13.8 Å². The summed E-state index contributed by atoms with van der Waals surface area (Å²) in [4.78, 5) is 0. The van der Waals surface area contributed by atoms with E-state index in [1.54, 1.807) is 13.8 Å². The molecule has 5 heavy (non-hydrogen) atoms. The molecule has 0 bridgehead atoms. The molecule has 0 aromatic carbocycles. The van der Waals surface area contributed by atoms with Gasteiger partial charge < -0.3 is 5.11 Å². The monoisotopic (exact) mass is 166 g/mol. The number of hydrogen-bond donors (Lipinski definition) is 1. The van der Waals surface area contributed by atoms with Gasteiger partial charge >= 0.3 is 22.4 Å². The molecular formula is C3H7AgO. The second-order valence-corrected chi connectivity index (χ2v) is 0.947. The Balaban J connectivity index is 0. The average Bonchev–Trinajstić information content (AvgIpc) is 0.811. The normalized spacial score (nSPS) is 7.20. The van der Waals surface area contributed by atoms with Crippen LogP contribution in [-0.4, -0.2) is 5.11 Å². The number of rotatable bonds is 0. The van der Waals surface area contributed by atoms with Crippen molar-refractivity contribution in [3.63, 3.8) is 0 Å². The van der Waals surface area contributed by atoms with Crippen molar-refractivity contribution in [1.82, 2.24) is 0 Å². The first kappa shape index (κ1) is 9.20. The number of hydrogen-bond acceptors (Lipinski definition) is 1. The maximum absolute atomic E-state index is 7.97. The molecule has 0 aliphatic rings. The zero-order chi connectivity index (χ0) is 3.58. The Kier molecular flexibility index (Phi) is 8.65. The van der Waals surface area contributed by atoms with Crippen LogP contribution in [0.3, 0.4) is 0 Å². The second kappa shape index (κ2) is 4.70. The van der Waals surface area contributed by atoms with E-state index < -0.39 is 0 Å². The van der Waals surface area contributed by atoms with Crippen LogP contribution in [0.4, 0.5) is 0 Å². The molecule has 0 atom stereocenters. The van der Waals surface area contributed by atoms with Crippen LogP contribution in [0.2, 0.25) is 0 Å². The summed E-state index contributed by atoms with van der Waals surface area (Å²) in [6.07, 6.45) is 0.417. The smallest absolute Gasteiger partial charge is 0.563 e. The molecule has 0 heterocycles. The first-order valence-electron chi connectivity index (χ1n) is 1.22. The summed E-state index contributed by atoms with van der Waals surface area (Å²) in [7, 11) is 0. The van der Waals surface area contributed by atoms with Gasteiger partial charge in [-0.1, -0.05) is 0 Å². The molecule has 0 aromatic heterocycles. The SMILES string of the molecule is C[C-](C)O.[Ag+]. The minimum Gasteiger partial charge on any atom is -0.563 e. The molecule has 0 saturated heterocycles. The molecule has 0 rings (SSSR count). The van der Waals surface area contributed by atoms with Gasteiger partial charge in [-0.25, -0.2) is 6.10 Å². The molecule has 0 spiro atoms. The summed E-state index contributed by atoms with van der Waals surface area (Å²) in [6.45, 7) is 3.28. The maximum atomic E-state index is 7.97. The standard InChI is InChI=1S/C3H7O.Ag/c1-3(2)4;/h4H,1-2H3;/q-1;+1. The molecule has 0 aliphatic heterocycles. The van der Waals surface area contributed by atoms with Gasteiger partial charge in [-0.3, -0.25) is 0 Å². The van der Waals surface area contributed by atoms with Crippen molar-refractivity contribution in [2.45, 2.75) is 13.8 Å². The largest absolute Gasteiger partial charge is 1.00 e. The third kappa shape index (κ3) is 69.9. The summed E-state index contributed by atoms with van der Waals surface area (Å²) < 4.78 is 0. The Hall–Kier alpha value is 0.700. The first-order valence-corrected chi connectivity index (χ1v) is 1.22. The molecule has 2 heteroatoms. The van der Waals surface area contributed by atoms with E-state index in [1.165, 1.54) is 0 Å². The second-order valence-electron chi connectivity index (χ2n) is 0.947. The first-order chi connectivity index (χ1) is 1.73. The molecule has 0 aliphatic carbocycles. The quantitative estimate of drug-likeness (QED) is 0.420. The number of aliphatic hydroxyl groups is 1. The van der Waals surface area contributed by atoms with Crippen LogP contribution in [-0.2, 0) is 22.4 Å². The van der Waals surface area contributed by atoms with E-state index in [0.29, 0.717) is 6.10 Å². The van der Waals surface area contributed by atoms with E-state index >= 15 is 0 Å². The molecule has 0 radical (unpaired) electrons. The molecule has 1 N–H and O–H groups in total. The molecule has 1 nitrogen and oxygen atoms in total. The van der Waals surface area contributed by atoms with Crippen LogP contribution in [0.25, 0.3) is 0 Å². The third-order valence-electron chi connectivity index (χ3n) is 0. The minimum absolute atomic E-state index is 0. The Morgan fingerprint density at radius 3 is 1.40 bits per heavy atom. The predicted octanol–water partition coefficient (Wildman–Crippen LogP) is 0.928. The number of aliphatic hydroxyl groups excluding tert-OH is 1. The van der Waals surface area contributed by atoms with E-state index in [2.05, 4.69) is 0 Å². The Morgan fingerprint density at radius 1 is 1.40 bits per heavy atom. The zero-order valence-corrected chi connectivity index (χ0v) is 4.73. The summed E-state index contributed by atoms with van der Waals surface area (Å²) >= 11 is 0. The van der Waals surface area contributed by atoms with Crippen molar-refractivity contribution in [2.75, 3.05) is 0 Å². The molecular weight excluding hydrogens is 160 g/mol. The van der Waals surface area contributed by atoms with Gasteiger partial charge in [0.15, 0.2) is 0 Å². The molecule has 0 fully saturated rings. The molecule has 0 amide bonds. The van der Waals surface area contributed by atoms with Gasteiger partial charge in [0.25, 0.3) is 0 Å². The van der Waals surface area contributed by atoms with Crippen molar-refractivity contribution in [3.8, 4) is 0 Å². The Bertz CT molecular complexity index is 11.6. The summed E-state index contributed by atoms with van der Waals surface area (Å²) in [5.41, 5.74) is 0. The van der Waals surface area contributed by atoms with Crippen LogP contribution in [0.5, 0.6) is 0 Å². The fourth-order valence-electron chi connectivity index (χ4n) is 0. The summed E-state index contributed by atoms with van der Waals surface area (Å²) in [6, 6.07) is 0. The van der Waals surface area contributed by atoms with Gasteiger partial charge in [0, 0.05) is 0 Å². The van der Waals surface area contributed by atoms with Crippen LogP contribution < -0.4 is 0 Å². The van der Waals surface area contributed by atoms with Crippen LogP contribution in [0.15, 0.2) is 0 Å². The van der Waals surface area contributed by atoms with Gasteiger partial charge in [-0.05, 0) is 0 Å². The van der Waals surface area contributed by atoms with Crippen molar-refractivity contribution in [1.29, 1.82) is 0 Å². The van der Waals surface area contributed by atoms with E-state index in [1.807, 2.05) is 0 Å². The van der Waals surface area contributed by atoms with E-state index in [4.69, 9.17) is 5.11 Å². The van der Waals surface area contributed by atoms with Gasteiger partial charge in [0.1, 0.15) is 0 Å². The van der Waals surface area contributed by atoms with E-state index in [9.17, 15) is 0 Å². The minimum atomic E-state index is 0. The topological polar surface area (TPSA) is 20.2 Å². The maximum Gasteiger partial charge on any atom is 1.00 e. The third-order valence-corrected chi connectivity index (χ3v) is 0. The van der Waals surface area contributed by atoms with Crippen molar-refractivity contribution in [2.24, 2.45) is 0 Å². The van der Waals surface area contributed by atoms with Crippen molar-refractivity contribution >= 4 is 0 Å². The zero-order valence-electron chi connectivity index (χ0n) is 3.25. The van der Waals surface area contributed by atoms with Gasteiger partial charge in [-0.2, -0.15) is 13.8 Å². The van der Waals surface area contributed by atoms with E-state index in [0.717, 1.165) is 0 Å². The fourth-order valence-corrected chi connectivity index (χ4v) is 0. The summed E-state index contributed by atoms with van der Waals surface area (Å²) in [5, 5.41) is 7.97. The predicted molar refractivity (Wildman–Crippen MR) is 16.5 cm³/mol. The Morgan fingerprint density at radius 2 is 1.40 bits per heavy atom. The van der Waals surface area contributed by atoms with Gasteiger partial charge in [0.2, 0.25) is 0 Å². The molecule has 36 valence electrons. The van der Waals surface area contributed by atoms with Gasteiger partial charge in [-0.15, -0.1) is 0 Å². The average molecular weight is 167 g/mol. The van der Waals surface area contributed by atoms with Crippen LogP contribution >= 0.6 is 0 Å². The summed E-state index contributed by atoms with van der Waals surface area (Å²) in [5.74, 6) is 0. The van der Waals surface area contributed by atoms with Crippen molar-refractivity contribution < 1.29 is 27.5 Å². The van der Waals surface area contributed by atoms with Gasteiger partial charge in [0.05, 0.1) is 0 Å². The molecule has 0 aromatic rings. The molecule has 0 saturated carbocycles. The van der Waals surface area contributed by atoms with Crippen LogP contribution in [0, 0.1) is 6.10 Å². The van der Waals surface area contributed by atoms with Crippen molar-refractivity contribution in [3.05, 3.63) is 6.10 Å². The fraction of sp³-hybridized carbons (Fsp3) is 0.667. The van der Waals surface area contributed by atoms with E-state index in [-0.39, 0.29) is 22.4 Å². The molecule has 0 unspecified atom stereocenters.